The van der Waals surface area contributed by atoms with Gasteiger partial charge < -0.3 is 19.9 Å². The van der Waals surface area contributed by atoms with Gasteiger partial charge in [-0.3, -0.25) is 14.4 Å². The zero-order valence-electron chi connectivity index (χ0n) is 25.9. The summed E-state index contributed by atoms with van der Waals surface area (Å²) < 4.78 is 10.6. The van der Waals surface area contributed by atoms with Crippen LogP contribution in [0.4, 0.5) is 0 Å². The van der Waals surface area contributed by atoms with Crippen molar-refractivity contribution in [2.75, 3.05) is 13.2 Å². The molecule has 8 heteroatoms. The van der Waals surface area contributed by atoms with E-state index in [1.807, 2.05) is 6.08 Å². The molecule has 1 aliphatic heterocycles. The summed E-state index contributed by atoms with van der Waals surface area (Å²) in [5, 5.41) is 12.5. The second-order valence-electron chi connectivity index (χ2n) is 11.1. The van der Waals surface area contributed by atoms with Gasteiger partial charge in [0.1, 0.15) is 24.2 Å². The maximum absolute atomic E-state index is 13.3. The van der Waals surface area contributed by atoms with Crippen molar-refractivity contribution in [2.45, 2.75) is 110 Å². The van der Waals surface area contributed by atoms with Crippen LogP contribution in [0.15, 0.2) is 36.4 Å². The summed E-state index contributed by atoms with van der Waals surface area (Å²) in [5.41, 5.74) is 0.725. The van der Waals surface area contributed by atoms with Crippen LogP contribution in [-0.4, -0.2) is 48.0 Å². The Balaban J connectivity index is 1.83. The fourth-order valence-electron chi connectivity index (χ4n) is 5.09. The van der Waals surface area contributed by atoms with Gasteiger partial charge in [0.2, 0.25) is 5.91 Å². The van der Waals surface area contributed by atoms with Crippen LogP contribution >= 0.6 is 0 Å². The molecule has 1 aromatic rings. The Bertz CT molecular complexity index is 1100. The molecule has 0 spiro atoms. The topological polar surface area (TPSA) is 119 Å². The van der Waals surface area contributed by atoms with Crippen molar-refractivity contribution in [3.63, 3.8) is 0 Å². The average Bonchev–Trinajstić information content (AvgIpc) is 3.41. The summed E-state index contributed by atoms with van der Waals surface area (Å²) in [5.74, 6) is 3.01. The molecule has 1 fully saturated rings. The van der Waals surface area contributed by atoms with Crippen LogP contribution in [0.2, 0.25) is 0 Å². The minimum absolute atomic E-state index is 0.0863. The lowest BCUT2D eigenvalue weighted by atomic mass is 9.89. The molecule has 0 aliphatic carbocycles. The van der Waals surface area contributed by atoms with E-state index >= 15 is 0 Å². The SMILES string of the molecule is CC#CCOc1ccc(C[C@H](NC(=O)[C@@H](/C=C/CCCCCCC(=O)CCCCCCC)C2CCOC2=O)C(=O)O)cc1. The van der Waals surface area contributed by atoms with Crippen molar-refractivity contribution in [3.05, 3.63) is 42.0 Å². The summed E-state index contributed by atoms with van der Waals surface area (Å²) in [6, 6.07) is 5.83. The number of carboxylic acid groups (broad SMARTS) is 1. The van der Waals surface area contributed by atoms with Crippen molar-refractivity contribution >= 4 is 23.6 Å². The second kappa shape index (κ2) is 21.1. The van der Waals surface area contributed by atoms with Gasteiger partial charge in [-0.15, -0.1) is 5.92 Å². The Morgan fingerprint density at radius 3 is 2.33 bits per heavy atom. The first kappa shape index (κ1) is 35.6. The molecule has 0 bridgehead atoms. The Morgan fingerprint density at radius 2 is 1.72 bits per heavy atom. The number of amides is 1. The monoisotopic (exact) mass is 595 g/mol. The smallest absolute Gasteiger partial charge is 0.326 e. The Kier molecular flexibility index (Phi) is 17.5. The Labute approximate surface area is 257 Å². The lowest BCUT2D eigenvalue weighted by Crippen LogP contribution is -2.46. The predicted octanol–water partition coefficient (Wildman–Crippen LogP) is 6.21. The van der Waals surface area contributed by atoms with Crippen molar-refractivity contribution < 1.29 is 33.8 Å². The molecule has 1 heterocycles. The van der Waals surface area contributed by atoms with E-state index in [0.717, 1.165) is 50.5 Å². The van der Waals surface area contributed by atoms with Crippen molar-refractivity contribution in [3.8, 4) is 17.6 Å². The first-order chi connectivity index (χ1) is 20.8. The Morgan fingerprint density at radius 1 is 1.05 bits per heavy atom. The van der Waals surface area contributed by atoms with Gasteiger partial charge in [0, 0.05) is 19.3 Å². The molecule has 1 amide bonds. The molecule has 8 nitrogen and oxygen atoms in total. The maximum atomic E-state index is 13.3. The van der Waals surface area contributed by atoms with Crippen LogP contribution in [0.1, 0.15) is 103 Å². The van der Waals surface area contributed by atoms with Gasteiger partial charge in [0.15, 0.2) is 0 Å². The molecule has 2 N–H and O–H groups in total. The van der Waals surface area contributed by atoms with Crippen LogP contribution in [0.25, 0.3) is 0 Å². The number of carbonyl (C=O) groups excluding carboxylic acids is 3. The number of benzene rings is 1. The van der Waals surface area contributed by atoms with E-state index in [9.17, 15) is 24.3 Å². The number of ketones is 1. The number of allylic oxidation sites excluding steroid dienone is 1. The Hall–Kier alpha value is -3.60. The summed E-state index contributed by atoms with van der Waals surface area (Å²) >= 11 is 0. The summed E-state index contributed by atoms with van der Waals surface area (Å²) in [6.07, 6.45) is 15.8. The number of carbonyl (C=O) groups is 4. The number of hydrogen-bond acceptors (Lipinski definition) is 6. The molecule has 1 saturated heterocycles. The van der Waals surface area contributed by atoms with Crippen LogP contribution in [-0.2, 0) is 30.3 Å². The molecular formula is C35H49NO7. The van der Waals surface area contributed by atoms with E-state index in [0.29, 0.717) is 30.8 Å². The highest BCUT2D eigenvalue weighted by atomic mass is 16.5. The van der Waals surface area contributed by atoms with Gasteiger partial charge >= 0.3 is 11.9 Å². The van der Waals surface area contributed by atoms with E-state index in [4.69, 9.17) is 9.47 Å². The van der Waals surface area contributed by atoms with Gasteiger partial charge in [-0.25, -0.2) is 4.79 Å². The summed E-state index contributed by atoms with van der Waals surface area (Å²) in [4.78, 5) is 49.7. The number of hydrogen-bond donors (Lipinski definition) is 2. The molecule has 236 valence electrons. The van der Waals surface area contributed by atoms with E-state index in [-0.39, 0.29) is 19.6 Å². The molecule has 0 saturated carbocycles. The minimum Gasteiger partial charge on any atom is -0.481 e. The third-order valence-corrected chi connectivity index (χ3v) is 7.66. The molecule has 3 atom stereocenters. The van der Waals surface area contributed by atoms with Crippen molar-refractivity contribution in [2.24, 2.45) is 11.8 Å². The predicted molar refractivity (Wildman–Crippen MR) is 166 cm³/mol. The van der Waals surface area contributed by atoms with Crippen LogP contribution in [0.5, 0.6) is 5.75 Å². The summed E-state index contributed by atoms with van der Waals surface area (Å²) in [6.45, 7) is 4.43. The van der Waals surface area contributed by atoms with Gasteiger partial charge in [0.05, 0.1) is 18.4 Å². The molecule has 2 rings (SSSR count). The lowest BCUT2D eigenvalue weighted by molar-refractivity contribution is -0.145. The quantitative estimate of drug-likeness (QED) is 0.0708. The number of aliphatic carboxylic acids is 1. The lowest BCUT2D eigenvalue weighted by Gasteiger charge is -2.21. The maximum Gasteiger partial charge on any atom is 0.326 e. The van der Waals surface area contributed by atoms with Gasteiger partial charge in [-0.1, -0.05) is 75.7 Å². The molecule has 0 radical (unpaired) electrons. The number of rotatable bonds is 22. The fraction of sp³-hybridized carbons (Fsp3) is 0.600. The highest BCUT2D eigenvalue weighted by molar-refractivity contribution is 5.90. The molecule has 1 unspecified atom stereocenters. The highest BCUT2D eigenvalue weighted by Gasteiger charge is 2.38. The van der Waals surface area contributed by atoms with Crippen LogP contribution < -0.4 is 10.1 Å². The fourth-order valence-corrected chi connectivity index (χ4v) is 5.09. The molecule has 43 heavy (non-hydrogen) atoms. The first-order valence-electron chi connectivity index (χ1n) is 15.8. The van der Waals surface area contributed by atoms with E-state index in [2.05, 4.69) is 24.1 Å². The van der Waals surface area contributed by atoms with E-state index in [1.54, 1.807) is 37.3 Å². The first-order valence-corrected chi connectivity index (χ1v) is 15.8. The minimum atomic E-state index is -1.15. The largest absolute Gasteiger partial charge is 0.481 e. The third kappa shape index (κ3) is 14.4. The zero-order valence-corrected chi connectivity index (χ0v) is 25.9. The van der Waals surface area contributed by atoms with Crippen molar-refractivity contribution in [1.29, 1.82) is 0 Å². The number of ether oxygens (including phenoxy) is 2. The summed E-state index contributed by atoms with van der Waals surface area (Å²) in [7, 11) is 0. The number of cyclic esters (lactones) is 1. The molecule has 1 aromatic carbocycles. The van der Waals surface area contributed by atoms with Gasteiger partial charge in [-0.2, -0.15) is 0 Å². The molecular weight excluding hydrogens is 546 g/mol. The van der Waals surface area contributed by atoms with E-state index in [1.165, 1.54) is 19.3 Å². The second-order valence-corrected chi connectivity index (χ2v) is 11.1. The average molecular weight is 596 g/mol. The van der Waals surface area contributed by atoms with E-state index < -0.39 is 35.7 Å². The number of esters is 1. The van der Waals surface area contributed by atoms with Crippen molar-refractivity contribution in [1.82, 2.24) is 5.32 Å². The highest BCUT2D eigenvalue weighted by Crippen LogP contribution is 2.26. The molecule has 1 aliphatic rings. The van der Waals surface area contributed by atoms with Gasteiger partial charge in [-0.05, 0) is 56.7 Å². The molecule has 0 aromatic heterocycles. The number of carboxylic acids is 1. The van der Waals surface area contributed by atoms with Crippen LogP contribution in [0, 0.1) is 23.7 Å². The number of Topliss-reactive ketones (excluding diaryl/α,β-unsaturated/α-hetero) is 1. The number of unbranched alkanes of at least 4 members (excludes halogenated alkanes) is 8. The number of nitrogens with one attached hydrogen (secondary N) is 1. The standard InChI is InChI=1S/C35H49NO7/c1-3-5-7-10-13-16-28(37)17-14-11-8-9-12-15-18-30(31-23-25-43-35(31)41)33(38)36-32(34(39)40)26-27-19-21-29(22-20-27)42-24-6-4-2/h15,18-22,30-32H,3,5,7-14,16-17,23-26H2,1-2H3,(H,36,38)(H,39,40)/b18-15+/t30-,31?,32-/m0/s1. The van der Waals surface area contributed by atoms with Crippen LogP contribution in [0.3, 0.4) is 0 Å². The normalized spacial score (nSPS) is 15.8. The van der Waals surface area contributed by atoms with Gasteiger partial charge in [0.25, 0.3) is 0 Å². The third-order valence-electron chi connectivity index (χ3n) is 7.66. The zero-order chi connectivity index (χ0) is 31.3.